The zero-order valence-corrected chi connectivity index (χ0v) is 20.8. The summed E-state index contributed by atoms with van der Waals surface area (Å²) in [7, 11) is 3.29. The van der Waals surface area contributed by atoms with Gasteiger partial charge in [-0.05, 0) is 44.0 Å². The topological polar surface area (TPSA) is 92.3 Å². The summed E-state index contributed by atoms with van der Waals surface area (Å²) in [6, 6.07) is 12.5. The van der Waals surface area contributed by atoms with Gasteiger partial charge >= 0.3 is 0 Å². The van der Waals surface area contributed by atoms with Gasteiger partial charge in [-0.3, -0.25) is 19.5 Å². The third-order valence-corrected chi connectivity index (χ3v) is 4.93. The van der Waals surface area contributed by atoms with Gasteiger partial charge in [0.15, 0.2) is 17.5 Å². The zero-order chi connectivity index (χ0) is 22.2. The van der Waals surface area contributed by atoms with Crippen LogP contribution in [0.3, 0.4) is 0 Å². The first kappa shape index (κ1) is 25.4. The number of carbonyl (C=O) groups excluding carboxylic acids is 2. The molecule has 3 rings (SSSR count). The van der Waals surface area contributed by atoms with E-state index in [9.17, 15) is 9.59 Å². The minimum absolute atomic E-state index is 0. The maximum Gasteiger partial charge on any atom is 0.261 e. The third kappa shape index (κ3) is 5.90. The molecule has 0 aromatic heterocycles. The van der Waals surface area contributed by atoms with E-state index in [1.807, 2.05) is 25.1 Å². The molecule has 8 nitrogen and oxygen atoms in total. The van der Waals surface area contributed by atoms with E-state index in [0.717, 1.165) is 12.1 Å². The highest BCUT2D eigenvalue weighted by Crippen LogP contribution is 2.30. The number of hydrogen-bond acceptors (Lipinski definition) is 5. The maximum absolute atomic E-state index is 12.4. The van der Waals surface area contributed by atoms with E-state index >= 15 is 0 Å². The van der Waals surface area contributed by atoms with Gasteiger partial charge in [0.05, 0.1) is 24.8 Å². The molecule has 9 heteroatoms. The molecule has 0 radical (unpaired) electrons. The number of methoxy groups -OCH3 is 1. The van der Waals surface area contributed by atoms with Crippen molar-refractivity contribution in [1.29, 1.82) is 0 Å². The fourth-order valence-electron chi connectivity index (χ4n) is 3.38. The quantitative estimate of drug-likeness (QED) is 0.162. The van der Waals surface area contributed by atoms with Crippen molar-refractivity contribution in [2.75, 3.05) is 39.2 Å². The summed E-state index contributed by atoms with van der Waals surface area (Å²) in [6.07, 6.45) is 1.48. The molecule has 2 amide bonds. The van der Waals surface area contributed by atoms with Crippen LogP contribution in [-0.2, 0) is 0 Å². The number of nitrogens with zero attached hydrogens (tertiary/aromatic N) is 2. The molecule has 0 fully saturated rings. The molecule has 1 aliphatic heterocycles. The minimum Gasteiger partial charge on any atom is -0.493 e. The van der Waals surface area contributed by atoms with Crippen molar-refractivity contribution in [3.8, 4) is 11.5 Å². The monoisotopic (exact) mass is 552 g/mol. The van der Waals surface area contributed by atoms with Gasteiger partial charge in [0, 0.05) is 31.9 Å². The Kier molecular flexibility index (Phi) is 9.76. The van der Waals surface area contributed by atoms with Crippen LogP contribution in [0.5, 0.6) is 11.5 Å². The number of carbonyl (C=O) groups is 2. The largest absolute Gasteiger partial charge is 0.493 e. The van der Waals surface area contributed by atoms with Gasteiger partial charge in [-0.15, -0.1) is 24.0 Å². The smallest absolute Gasteiger partial charge is 0.261 e. The van der Waals surface area contributed by atoms with Crippen molar-refractivity contribution in [2.45, 2.75) is 19.8 Å². The van der Waals surface area contributed by atoms with Gasteiger partial charge in [0.2, 0.25) is 0 Å². The number of halogens is 1. The van der Waals surface area contributed by atoms with Crippen LogP contribution in [-0.4, -0.2) is 56.5 Å². The Bertz CT molecular complexity index is 945. The standard InChI is InChI=1S/C23H28N4O4.HI/c1-4-31-19-12-11-16(15-20(19)30-3)26-23(24-2)25-13-7-8-14-27-21(28)17-9-5-6-10-18(17)22(27)29;/h5-6,9-12,15H,4,7-8,13-14H2,1-3H3,(H2,24,25,26);1H. The summed E-state index contributed by atoms with van der Waals surface area (Å²) in [6.45, 7) is 3.53. The van der Waals surface area contributed by atoms with Crippen molar-refractivity contribution in [1.82, 2.24) is 10.2 Å². The fraction of sp³-hybridized carbons (Fsp3) is 0.348. The van der Waals surface area contributed by atoms with Gasteiger partial charge in [-0.2, -0.15) is 0 Å². The van der Waals surface area contributed by atoms with Crippen LogP contribution in [0, 0.1) is 0 Å². The second-order valence-corrected chi connectivity index (χ2v) is 6.94. The lowest BCUT2D eigenvalue weighted by Crippen LogP contribution is -2.33. The Labute approximate surface area is 205 Å². The van der Waals surface area contributed by atoms with Crippen LogP contribution in [0.4, 0.5) is 5.69 Å². The van der Waals surface area contributed by atoms with Crippen LogP contribution < -0.4 is 20.1 Å². The molecule has 2 N–H and O–H groups in total. The molecule has 172 valence electrons. The van der Waals surface area contributed by atoms with Crippen molar-refractivity contribution < 1.29 is 19.1 Å². The number of unbranched alkanes of at least 4 members (excludes halogenated alkanes) is 1. The number of ether oxygens (including phenoxy) is 2. The van der Waals surface area contributed by atoms with Gasteiger partial charge in [0.1, 0.15) is 0 Å². The third-order valence-electron chi connectivity index (χ3n) is 4.93. The van der Waals surface area contributed by atoms with Crippen molar-refractivity contribution in [2.24, 2.45) is 4.99 Å². The lowest BCUT2D eigenvalue weighted by atomic mass is 10.1. The highest BCUT2D eigenvalue weighted by atomic mass is 127. The van der Waals surface area contributed by atoms with Crippen LogP contribution in [0.15, 0.2) is 47.5 Å². The van der Waals surface area contributed by atoms with E-state index in [2.05, 4.69) is 15.6 Å². The summed E-state index contributed by atoms with van der Waals surface area (Å²) in [5, 5.41) is 6.45. The van der Waals surface area contributed by atoms with Crippen molar-refractivity contribution >= 4 is 47.4 Å². The lowest BCUT2D eigenvalue weighted by molar-refractivity contribution is 0.0652. The van der Waals surface area contributed by atoms with Crippen LogP contribution >= 0.6 is 24.0 Å². The number of nitrogens with one attached hydrogen (secondary N) is 2. The average Bonchev–Trinajstić information content (AvgIpc) is 3.04. The highest BCUT2D eigenvalue weighted by Gasteiger charge is 2.34. The molecule has 0 saturated carbocycles. The second-order valence-electron chi connectivity index (χ2n) is 6.94. The first-order valence-corrected chi connectivity index (χ1v) is 10.3. The number of guanidine groups is 1. The first-order chi connectivity index (χ1) is 15.1. The summed E-state index contributed by atoms with van der Waals surface area (Å²) in [5.74, 6) is 1.52. The Morgan fingerprint density at radius 2 is 1.72 bits per heavy atom. The molecule has 0 aliphatic carbocycles. The van der Waals surface area contributed by atoms with Gasteiger partial charge in [0.25, 0.3) is 11.8 Å². The molecular weight excluding hydrogens is 523 g/mol. The Morgan fingerprint density at radius 1 is 1.03 bits per heavy atom. The van der Waals surface area contributed by atoms with E-state index in [1.165, 1.54) is 4.90 Å². The van der Waals surface area contributed by atoms with Crippen LogP contribution in [0.25, 0.3) is 0 Å². The molecule has 1 heterocycles. The summed E-state index contributed by atoms with van der Waals surface area (Å²) in [5.41, 5.74) is 1.79. The lowest BCUT2D eigenvalue weighted by Gasteiger charge is -2.16. The van der Waals surface area contributed by atoms with Crippen molar-refractivity contribution in [3.63, 3.8) is 0 Å². The Balaban J connectivity index is 0.00000363. The van der Waals surface area contributed by atoms with E-state index in [1.54, 1.807) is 38.4 Å². The number of imide groups is 1. The van der Waals surface area contributed by atoms with Gasteiger partial charge < -0.3 is 20.1 Å². The number of benzene rings is 2. The molecule has 0 saturated heterocycles. The molecule has 0 spiro atoms. The molecule has 1 aliphatic rings. The number of hydrogen-bond donors (Lipinski definition) is 2. The number of aliphatic imine (C=N–C) groups is 1. The molecule has 2 aromatic rings. The fourth-order valence-corrected chi connectivity index (χ4v) is 3.38. The first-order valence-electron chi connectivity index (χ1n) is 10.3. The predicted molar refractivity (Wildman–Crippen MR) is 136 cm³/mol. The van der Waals surface area contributed by atoms with E-state index in [-0.39, 0.29) is 35.8 Å². The van der Waals surface area contributed by atoms with E-state index in [0.29, 0.717) is 54.7 Å². The molecule has 0 unspecified atom stereocenters. The number of amides is 2. The normalized spacial score (nSPS) is 12.8. The summed E-state index contributed by atoms with van der Waals surface area (Å²) < 4.78 is 10.9. The van der Waals surface area contributed by atoms with E-state index in [4.69, 9.17) is 9.47 Å². The Morgan fingerprint density at radius 3 is 2.31 bits per heavy atom. The minimum atomic E-state index is -0.213. The summed E-state index contributed by atoms with van der Waals surface area (Å²) >= 11 is 0. The van der Waals surface area contributed by atoms with Crippen molar-refractivity contribution in [3.05, 3.63) is 53.6 Å². The number of rotatable bonds is 9. The van der Waals surface area contributed by atoms with Gasteiger partial charge in [-0.1, -0.05) is 12.1 Å². The average molecular weight is 552 g/mol. The molecule has 0 bridgehead atoms. The molecule has 2 aromatic carbocycles. The maximum atomic E-state index is 12.4. The molecular formula is C23H29IN4O4. The number of anilines is 1. The second kappa shape index (κ2) is 12.3. The zero-order valence-electron chi connectivity index (χ0n) is 18.5. The Hall–Kier alpha value is -2.82. The number of fused-ring (bicyclic) bond motifs is 1. The highest BCUT2D eigenvalue weighted by molar-refractivity contribution is 14.0. The molecule has 32 heavy (non-hydrogen) atoms. The van der Waals surface area contributed by atoms with Gasteiger partial charge in [-0.25, -0.2) is 0 Å². The predicted octanol–water partition coefficient (Wildman–Crippen LogP) is 3.78. The summed E-state index contributed by atoms with van der Waals surface area (Å²) in [4.78, 5) is 30.3. The van der Waals surface area contributed by atoms with Crippen LogP contribution in [0.1, 0.15) is 40.5 Å². The molecule has 0 atom stereocenters. The van der Waals surface area contributed by atoms with E-state index < -0.39 is 0 Å². The van der Waals surface area contributed by atoms with Crippen LogP contribution in [0.2, 0.25) is 0 Å². The SMILES string of the molecule is CCOc1ccc(NC(=NC)NCCCCN2C(=O)c3ccccc3C2=O)cc1OC.I.